The smallest absolute Gasteiger partial charge is 0.180 e. The molecule has 0 N–H and O–H groups in total. The van der Waals surface area contributed by atoms with Crippen LogP contribution in [0.5, 0.6) is 0 Å². The van der Waals surface area contributed by atoms with Crippen LogP contribution in [-0.2, 0) is 0 Å². The van der Waals surface area contributed by atoms with Crippen LogP contribution >= 0.6 is 0 Å². The lowest BCUT2D eigenvalue weighted by Gasteiger charge is -2.15. The second-order valence-electron chi connectivity index (χ2n) is 13.9. The first-order valence-electron chi connectivity index (χ1n) is 17.6. The molecule has 0 atom stereocenters. The minimum Gasteiger partial charge on any atom is -0.452 e. The van der Waals surface area contributed by atoms with Crippen LogP contribution in [0, 0.1) is 0 Å². The number of fused-ring (bicyclic) bond motifs is 6. The van der Waals surface area contributed by atoms with Crippen molar-refractivity contribution >= 4 is 43.9 Å². The van der Waals surface area contributed by atoms with Crippen molar-refractivity contribution in [1.82, 2.24) is 19.9 Å². The van der Waals surface area contributed by atoms with Gasteiger partial charge in [0.05, 0.1) is 11.0 Å². The summed E-state index contributed by atoms with van der Waals surface area (Å²) in [5, 5.41) is 3.19. The van der Waals surface area contributed by atoms with E-state index in [0.29, 0.717) is 17.3 Å². The van der Waals surface area contributed by atoms with E-state index in [-0.39, 0.29) is 5.92 Å². The molecule has 4 aromatic heterocycles. The number of rotatable bonds is 6. The molecule has 9 aromatic rings. The molecule has 0 saturated carbocycles. The summed E-state index contributed by atoms with van der Waals surface area (Å²) in [6.07, 6.45) is 0. The fourth-order valence-corrected chi connectivity index (χ4v) is 6.98. The molecular weight excluding hydrogens is 625 g/mol. The van der Waals surface area contributed by atoms with Gasteiger partial charge in [-0.05, 0) is 70.5 Å². The SMILES string of the molecule is CC(C)c1ccc2ccc3c(-c4cccc(-c5cccc(-c6nc(-c7ccccc7)c7oc8ccccc8c7n6)c5)c4)cc(C(C)C)nc3c2n1. The average Bonchev–Trinajstić information content (AvgIpc) is 3.56. The Morgan fingerprint density at radius 2 is 1.10 bits per heavy atom. The molecule has 0 saturated heterocycles. The van der Waals surface area contributed by atoms with E-state index >= 15 is 0 Å². The fraction of sp³-hybridized carbons (Fsp3) is 0.130. The van der Waals surface area contributed by atoms with E-state index in [9.17, 15) is 0 Å². The predicted octanol–water partition coefficient (Wildman–Crippen LogP) is 12.4. The Morgan fingerprint density at radius 1 is 0.451 bits per heavy atom. The largest absolute Gasteiger partial charge is 0.452 e. The average molecular weight is 661 g/mol. The van der Waals surface area contributed by atoms with Crippen molar-refractivity contribution in [2.75, 3.05) is 0 Å². The predicted molar refractivity (Wildman–Crippen MR) is 210 cm³/mol. The third-order valence-electron chi connectivity index (χ3n) is 9.76. The minimum atomic E-state index is 0.266. The zero-order chi connectivity index (χ0) is 34.6. The number of benzene rings is 5. The van der Waals surface area contributed by atoms with Crippen molar-refractivity contribution in [3.05, 3.63) is 145 Å². The van der Waals surface area contributed by atoms with Gasteiger partial charge in [-0.2, -0.15) is 0 Å². The van der Waals surface area contributed by atoms with Crippen LogP contribution in [0.25, 0.3) is 88.8 Å². The molecule has 0 aliphatic rings. The Kier molecular flexibility index (Phi) is 7.43. The summed E-state index contributed by atoms with van der Waals surface area (Å²) < 4.78 is 6.34. The molecule has 5 heteroatoms. The molecule has 0 aliphatic carbocycles. The third-order valence-corrected chi connectivity index (χ3v) is 9.76. The second kappa shape index (κ2) is 12.3. The number of para-hydroxylation sites is 1. The van der Waals surface area contributed by atoms with Crippen molar-refractivity contribution in [3.63, 3.8) is 0 Å². The van der Waals surface area contributed by atoms with Gasteiger partial charge < -0.3 is 4.42 Å². The zero-order valence-electron chi connectivity index (χ0n) is 29.1. The molecule has 0 spiro atoms. The molecule has 5 nitrogen and oxygen atoms in total. The molecule has 51 heavy (non-hydrogen) atoms. The molecule has 0 radical (unpaired) electrons. The van der Waals surface area contributed by atoms with Gasteiger partial charge in [-0.1, -0.05) is 125 Å². The minimum absolute atomic E-state index is 0.266. The lowest BCUT2D eigenvalue weighted by atomic mass is 9.93. The van der Waals surface area contributed by atoms with Gasteiger partial charge in [0, 0.05) is 38.7 Å². The van der Waals surface area contributed by atoms with Crippen LogP contribution in [0.15, 0.2) is 138 Å². The normalized spacial score (nSPS) is 11.9. The molecule has 0 unspecified atom stereocenters. The first-order chi connectivity index (χ1) is 24.9. The Labute approximate surface area is 296 Å². The van der Waals surface area contributed by atoms with Crippen LogP contribution in [0.4, 0.5) is 0 Å². The molecule has 0 amide bonds. The fourth-order valence-electron chi connectivity index (χ4n) is 6.98. The van der Waals surface area contributed by atoms with Crippen molar-refractivity contribution in [2.45, 2.75) is 39.5 Å². The maximum atomic E-state index is 6.34. The van der Waals surface area contributed by atoms with Gasteiger partial charge in [-0.15, -0.1) is 0 Å². The van der Waals surface area contributed by atoms with Crippen molar-refractivity contribution in [3.8, 4) is 44.9 Å². The number of pyridine rings is 2. The summed E-state index contributed by atoms with van der Waals surface area (Å²) in [6, 6.07) is 46.5. The molecule has 9 rings (SSSR count). The van der Waals surface area contributed by atoms with Crippen LogP contribution < -0.4 is 0 Å². The molecular formula is C46H36N4O. The van der Waals surface area contributed by atoms with Gasteiger partial charge in [0.2, 0.25) is 0 Å². The van der Waals surface area contributed by atoms with Crippen LogP contribution in [0.1, 0.15) is 50.9 Å². The summed E-state index contributed by atoms with van der Waals surface area (Å²) in [5.74, 6) is 1.26. The number of nitrogens with zero attached hydrogens (tertiary/aromatic N) is 4. The van der Waals surface area contributed by atoms with Crippen LogP contribution in [-0.4, -0.2) is 19.9 Å². The standard InChI is InChI=1S/C46H36N4O/c1-27(2)38-23-21-30-20-22-35-37(26-39(28(3)4)48-43(35)41(30)47-38)33-16-10-14-31(24-33)32-15-11-17-34(25-32)46-49-42(29-12-6-5-7-13-29)45-44(50-46)36-18-8-9-19-40(36)51-45/h5-28H,1-4H3. The third kappa shape index (κ3) is 5.42. The van der Waals surface area contributed by atoms with E-state index in [4.69, 9.17) is 24.4 Å². The highest BCUT2D eigenvalue weighted by Crippen LogP contribution is 2.38. The number of hydrogen-bond acceptors (Lipinski definition) is 5. The van der Waals surface area contributed by atoms with Gasteiger partial charge in [0.15, 0.2) is 11.4 Å². The first kappa shape index (κ1) is 30.8. The maximum Gasteiger partial charge on any atom is 0.180 e. The summed E-state index contributed by atoms with van der Waals surface area (Å²) in [7, 11) is 0. The molecule has 0 fully saturated rings. The van der Waals surface area contributed by atoms with E-state index < -0.39 is 0 Å². The van der Waals surface area contributed by atoms with Gasteiger partial charge in [0.25, 0.3) is 0 Å². The molecule has 0 aliphatic heterocycles. The van der Waals surface area contributed by atoms with Crippen molar-refractivity contribution in [2.24, 2.45) is 0 Å². The number of hydrogen-bond donors (Lipinski definition) is 0. The van der Waals surface area contributed by atoms with E-state index in [2.05, 4.69) is 125 Å². The second-order valence-corrected chi connectivity index (χ2v) is 13.9. The summed E-state index contributed by atoms with van der Waals surface area (Å²) in [4.78, 5) is 20.5. The highest BCUT2D eigenvalue weighted by Gasteiger charge is 2.19. The lowest BCUT2D eigenvalue weighted by Crippen LogP contribution is -1.99. The molecule has 4 heterocycles. The monoisotopic (exact) mass is 660 g/mol. The Bertz CT molecular complexity index is 2760. The lowest BCUT2D eigenvalue weighted by molar-refractivity contribution is 0.667. The van der Waals surface area contributed by atoms with E-state index in [1.807, 2.05) is 36.4 Å². The Balaban J connectivity index is 1.19. The van der Waals surface area contributed by atoms with E-state index in [1.165, 1.54) is 0 Å². The zero-order valence-corrected chi connectivity index (χ0v) is 29.1. The maximum absolute atomic E-state index is 6.34. The molecule has 5 aromatic carbocycles. The highest BCUT2D eigenvalue weighted by molar-refractivity contribution is 6.09. The first-order valence-corrected chi connectivity index (χ1v) is 17.6. The number of furan rings is 1. The highest BCUT2D eigenvalue weighted by atomic mass is 16.3. The summed E-state index contributed by atoms with van der Waals surface area (Å²) >= 11 is 0. The molecule has 246 valence electrons. The van der Waals surface area contributed by atoms with E-state index in [1.54, 1.807) is 0 Å². The number of aromatic nitrogens is 4. The van der Waals surface area contributed by atoms with Gasteiger partial charge in [-0.25, -0.2) is 9.97 Å². The topological polar surface area (TPSA) is 64.7 Å². The van der Waals surface area contributed by atoms with Gasteiger partial charge >= 0.3 is 0 Å². The Hall–Kier alpha value is -6.20. The quantitative estimate of drug-likeness (QED) is 0.166. The van der Waals surface area contributed by atoms with Crippen molar-refractivity contribution < 1.29 is 4.42 Å². The van der Waals surface area contributed by atoms with Crippen LogP contribution in [0.2, 0.25) is 0 Å². The van der Waals surface area contributed by atoms with Crippen molar-refractivity contribution in [1.29, 1.82) is 0 Å². The summed E-state index contributed by atoms with van der Waals surface area (Å²) in [6.45, 7) is 8.77. The Morgan fingerprint density at radius 3 is 1.88 bits per heavy atom. The van der Waals surface area contributed by atoms with Crippen LogP contribution in [0.3, 0.4) is 0 Å². The molecule has 0 bridgehead atoms. The summed E-state index contributed by atoms with van der Waals surface area (Å²) in [5.41, 5.74) is 13.6. The van der Waals surface area contributed by atoms with Gasteiger partial charge in [-0.3, -0.25) is 9.97 Å². The van der Waals surface area contributed by atoms with E-state index in [0.717, 1.165) is 88.8 Å². The van der Waals surface area contributed by atoms with Gasteiger partial charge in [0.1, 0.15) is 16.8 Å².